The number of hydrogen-bond donors (Lipinski definition) is 3. The predicted molar refractivity (Wildman–Crippen MR) is 88.1 cm³/mol. The van der Waals surface area contributed by atoms with E-state index in [1.165, 1.54) is 12.8 Å². The molecular weight excluding hydrogens is 308 g/mol. The number of aliphatic carboxylic acids is 1. The van der Waals surface area contributed by atoms with E-state index < -0.39 is 17.9 Å². The molecule has 6 heteroatoms. The van der Waals surface area contributed by atoms with Gasteiger partial charge in [-0.1, -0.05) is 12.8 Å². The number of nitrogens with one attached hydrogen (secondary N) is 2. The van der Waals surface area contributed by atoms with Crippen molar-refractivity contribution in [2.75, 3.05) is 0 Å². The van der Waals surface area contributed by atoms with Crippen LogP contribution in [-0.4, -0.2) is 35.0 Å². The Bertz CT molecular complexity index is 515. The maximum atomic E-state index is 12.4. The normalized spacial score (nSPS) is 33.4. The first-order valence-electron chi connectivity index (χ1n) is 9.28. The molecule has 3 aliphatic rings. The van der Waals surface area contributed by atoms with Crippen LogP contribution in [0.4, 0.5) is 0 Å². The number of carbonyl (C=O) groups is 3. The zero-order chi connectivity index (χ0) is 17.3. The minimum absolute atomic E-state index is 0.0766. The molecule has 24 heavy (non-hydrogen) atoms. The van der Waals surface area contributed by atoms with E-state index in [0.717, 1.165) is 32.1 Å². The summed E-state index contributed by atoms with van der Waals surface area (Å²) >= 11 is 0. The van der Waals surface area contributed by atoms with Crippen LogP contribution in [0, 0.1) is 23.7 Å². The fourth-order valence-electron chi connectivity index (χ4n) is 4.99. The lowest BCUT2D eigenvalue weighted by atomic mass is 9.84. The summed E-state index contributed by atoms with van der Waals surface area (Å²) in [7, 11) is 0. The first-order chi connectivity index (χ1) is 11.5. The van der Waals surface area contributed by atoms with E-state index in [1.54, 1.807) is 6.92 Å². The van der Waals surface area contributed by atoms with Gasteiger partial charge >= 0.3 is 5.97 Å². The van der Waals surface area contributed by atoms with Gasteiger partial charge in [0.25, 0.3) is 0 Å². The van der Waals surface area contributed by atoms with Crippen molar-refractivity contribution in [3.8, 4) is 0 Å². The van der Waals surface area contributed by atoms with E-state index in [0.29, 0.717) is 12.3 Å². The zero-order valence-electron chi connectivity index (χ0n) is 14.3. The van der Waals surface area contributed by atoms with E-state index in [2.05, 4.69) is 10.6 Å². The number of fused-ring (bicyclic) bond motifs is 2. The van der Waals surface area contributed by atoms with Gasteiger partial charge in [0.05, 0.1) is 5.92 Å². The van der Waals surface area contributed by atoms with Gasteiger partial charge in [0, 0.05) is 12.5 Å². The Kier molecular flexibility index (Phi) is 5.11. The van der Waals surface area contributed by atoms with E-state index in [-0.39, 0.29) is 29.7 Å². The Labute approximate surface area is 142 Å². The van der Waals surface area contributed by atoms with Crippen molar-refractivity contribution in [3.05, 3.63) is 0 Å². The highest BCUT2D eigenvalue weighted by molar-refractivity contribution is 5.88. The monoisotopic (exact) mass is 336 g/mol. The van der Waals surface area contributed by atoms with Crippen molar-refractivity contribution < 1.29 is 19.5 Å². The molecule has 0 radical (unpaired) electrons. The Morgan fingerprint density at radius 1 is 1.08 bits per heavy atom. The Hall–Kier alpha value is -1.59. The first-order valence-corrected chi connectivity index (χ1v) is 9.28. The summed E-state index contributed by atoms with van der Waals surface area (Å²) in [5.41, 5.74) is 0. The molecule has 2 amide bonds. The highest BCUT2D eigenvalue weighted by Gasteiger charge is 2.51. The first kappa shape index (κ1) is 17.2. The van der Waals surface area contributed by atoms with Crippen LogP contribution in [0.15, 0.2) is 0 Å². The van der Waals surface area contributed by atoms with Crippen LogP contribution >= 0.6 is 0 Å². The van der Waals surface area contributed by atoms with Gasteiger partial charge in [0.15, 0.2) is 0 Å². The highest BCUT2D eigenvalue weighted by atomic mass is 16.4. The highest BCUT2D eigenvalue weighted by Crippen LogP contribution is 2.48. The van der Waals surface area contributed by atoms with E-state index >= 15 is 0 Å². The van der Waals surface area contributed by atoms with Crippen molar-refractivity contribution in [2.24, 2.45) is 23.7 Å². The molecule has 0 spiro atoms. The van der Waals surface area contributed by atoms with Crippen molar-refractivity contribution in [2.45, 2.75) is 70.4 Å². The topological polar surface area (TPSA) is 95.5 Å². The van der Waals surface area contributed by atoms with Gasteiger partial charge < -0.3 is 15.7 Å². The average Bonchev–Trinajstić information content (AvgIpc) is 3.23. The smallest absolute Gasteiger partial charge is 0.308 e. The van der Waals surface area contributed by atoms with Gasteiger partial charge in [0.1, 0.15) is 6.04 Å². The van der Waals surface area contributed by atoms with Crippen LogP contribution in [-0.2, 0) is 14.4 Å². The van der Waals surface area contributed by atoms with Crippen LogP contribution in [0.2, 0.25) is 0 Å². The summed E-state index contributed by atoms with van der Waals surface area (Å²) in [5.74, 6) is -0.737. The summed E-state index contributed by atoms with van der Waals surface area (Å²) in [6, 6.07) is -0.907. The van der Waals surface area contributed by atoms with Gasteiger partial charge in [0.2, 0.25) is 11.8 Å². The second-order valence-corrected chi connectivity index (χ2v) is 7.88. The standard InChI is InChI=1S/C18H28N2O4/c1-10(19-14(21)8-11-4-2-3-5-11)17(22)20-16-13-7-6-12(9-13)15(16)18(23)24/h10-13,15-16H,2-9H2,1H3,(H,19,21)(H,20,22)(H,23,24)/t10-,12-,13-,15-,16+/m0/s1. The number of rotatable bonds is 6. The molecule has 0 saturated heterocycles. The van der Waals surface area contributed by atoms with Gasteiger partial charge in [-0.15, -0.1) is 0 Å². The molecule has 0 aromatic heterocycles. The number of carboxylic acids is 1. The summed E-state index contributed by atoms with van der Waals surface area (Å²) in [6.07, 6.45) is 7.89. The Morgan fingerprint density at radius 3 is 2.42 bits per heavy atom. The number of amides is 2. The second-order valence-electron chi connectivity index (χ2n) is 7.88. The van der Waals surface area contributed by atoms with Crippen molar-refractivity contribution >= 4 is 17.8 Å². The molecule has 0 aromatic carbocycles. The van der Waals surface area contributed by atoms with E-state index in [1.807, 2.05) is 0 Å². The van der Waals surface area contributed by atoms with Crippen LogP contribution in [0.25, 0.3) is 0 Å². The van der Waals surface area contributed by atoms with Gasteiger partial charge in [-0.25, -0.2) is 0 Å². The van der Waals surface area contributed by atoms with Crippen LogP contribution in [0.5, 0.6) is 0 Å². The predicted octanol–water partition coefficient (Wildman–Crippen LogP) is 1.69. The summed E-state index contributed by atoms with van der Waals surface area (Å²) in [5, 5.41) is 15.1. The molecule has 0 aliphatic heterocycles. The maximum Gasteiger partial charge on any atom is 0.308 e. The van der Waals surface area contributed by atoms with Crippen LogP contribution in [0.3, 0.4) is 0 Å². The third-order valence-electron chi connectivity index (χ3n) is 6.23. The molecule has 3 aliphatic carbocycles. The maximum absolute atomic E-state index is 12.4. The van der Waals surface area contributed by atoms with E-state index in [9.17, 15) is 19.5 Å². The summed E-state index contributed by atoms with van der Waals surface area (Å²) < 4.78 is 0. The van der Waals surface area contributed by atoms with Crippen LogP contribution in [0.1, 0.15) is 58.3 Å². The SMILES string of the molecule is C[C@H](NC(=O)CC1CCCC1)C(=O)N[C@@H]1[C@H]2CC[C@@H](C2)[C@@H]1C(=O)O. The fraction of sp³-hybridized carbons (Fsp3) is 0.833. The molecule has 134 valence electrons. The molecule has 3 saturated carbocycles. The molecular formula is C18H28N2O4. The Morgan fingerprint density at radius 2 is 1.75 bits per heavy atom. The molecule has 0 aromatic rings. The molecule has 2 bridgehead atoms. The van der Waals surface area contributed by atoms with Gasteiger partial charge in [-0.05, 0) is 56.8 Å². The number of carbonyl (C=O) groups excluding carboxylic acids is 2. The van der Waals surface area contributed by atoms with Crippen molar-refractivity contribution in [1.29, 1.82) is 0 Å². The third kappa shape index (κ3) is 3.57. The molecule has 3 N–H and O–H groups in total. The molecule has 6 nitrogen and oxygen atoms in total. The number of carboxylic acid groups (broad SMARTS) is 1. The molecule has 0 heterocycles. The fourth-order valence-corrected chi connectivity index (χ4v) is 4.99. The molecule has 5 atom stereocenters. The molecule has 0 unspecified atom stereocenters. The van der Waals surface area contributed by atoms with E-state index in [4.69, 9.17) is 0 Å². The quantitative estimate of drug-likeness (QED) is 0.688. The minimum atomic E-state index is -0.814. The summed E-state index contributed by atoms with van der Waals surface area (Å²) in [6.45, 7) is 1.67. The van der Waals surface area contributed by atoms with Crippen LogP contribution < -0.4 is 10.6 Å². The number of hydrogen-bond acceptors (Lipinski definition) is 3. The Balaban J connectivity index is 1.50. The zero-order valence-corrected chi connectivity index (χ0v) is 14.3. The van der Waals surface area contributed by atoms with Gasteiger partial charge in [-0.3, -0.25) is 14.4 Å². The lowest BCUT2D eigenvalue weighted by Crippen LogP contribution is -2.53. The van der Waals surface area contributed by atoms with Crippen molar-refractivity contribution in [1.82, 2.24) is 10.6 Å². The third-order valence-corrected chi connectivity index (χ3v) is 6.23. The lowest BCUT2D eigenvalue weighted by molar-refractivity contribution is -0.145. The average molecular weight is 336 g/mol. The molecule has 3 fully saturated rings. The second kappa shape index (κ2) is 7.11. The largest absolute Gasteiger partial charge is 0.481 e. The minimum Gasteiger partial charge on any atom is -0.481 e. The van der Waals surface area contributed by atoms with Crippen molar-refractivity contribution in [3.63, 3.8) is 0 Å². The summed E-state index contributed by atoms with van der Waals surface area (Å²) in [4.78, 5) is 36.0. The molecule has 3 rings (SSSR count). The van der Waals surface area contributed by atoms with Gasteiger partial charge in [-0.2, -0.15) is 0 Å². The lowest BCUT2D eigenvalue weighted by Gasteiger charge is -2.30.